The molecule has 0 aliphatic rings. The normalized spacial score (nSPS) is 10.8. The molecule has 0 saturated heterocycles. The van der Waals surface area contributed by atoms with Gasteiger partial charge >= 0.3 is 5.76 Å². The Morgan fingerprint density at radius 2 is 2.00 bits per heavy atom. The molecule has 2 aromatic carbocycles. The first-order valence-electron chi connectivity index (χ1n) is 6.38. The van der Waals surface area contributed by atoms with E-state index >= 15 is 0 Å². The molecule has 0 unspecified atom stereocenters. The van der Waals surface area contributed by atoms with Gasteiger partial charge in [-0.05, 0) is 35.9 Å². The number of oxazole rings is 1. The first-order chi connectivity index (χ1) is 10.5. The number of H-pyrrole nitrogens is 1. The van der Waals surface area contributed by atoms with Gasteiger partial charge in [-0.15, -0.1) is 0 Å². The van der Waals surface area contributed by atoms with E-state index < -0.39 is 5.76 Å². The van der Waals surface area contributed by atoms with Crippen LogP contribution in [0.4, 0.5) is 5.69 Å². The van der Waals surface area contributed by atoms with Crippen LogP contribution in [0.5, 0.6) is 0 Å². The third-order valence-corrected chi connectivity index (χ3v) is 3.66. The zero-order valence-corrected chi connectivity index (χ0v) is 12.7. The first-order valence-corrected chi connectivity index (χ1v) is 7.13. The van der Waals surface area contributed by atoms with Crippen molar-refractivity contribution in [2.75, 3.05) is 5.32 Å². The van der Waals surface area contributed by atoms with Crippen molar-refractivity contribution in [3.8, 4) is 0 Å². The van der Waals surface area contributed by atoms with Crippen LogP contribution in [0.25, 0.3) is 11.1 Å². The van der Waals surface area contributed by atoms with Crippen molar-refractivity contribution in [1.29, 1.82) is 0 Å². The molecule has 0 aliphatic carbocycles. The van der Waals surface area contributed by atoms with E-state index in [1.165, 1.54) is 0 Å². The number of fused-ring (bicyclic) bond motifs is 1. The van der Waals surface area contributed by atoms with Crippen molar-refractivity contribution < 1.29 is 9.21 Å². The number of aromatic amines is 1. The fraction of sp³-hybridized carbons (Fsp3) is 0.0667. The van der Waals surface area contributed by atoms with Crippen molar-refractivity contribution in [1.82, 2.24) is 4.98 Å². The highest BCUT2D eigenvalue weighted by atomic mass is 35.5. The lowest BCUT2D eigenvalue weighted by atomic mass is 10.1. The van der Waals surface area contributed by atoms with Gasteiger partial charge in [0.1, 0.15) is 0 Å². The number of anilines is 1. The van der Waals surface area contributed by atoms with Crippen LogP contribution in [0.15, 0.2) is 45.6 Å². The summed E-state index contributed by atoms with van der Waals surface area (Å²) in [6, 6.07) is 9.87. The Morgan fingerprint density at radius 3 is 2.77 bits per heavy atom. The minimum Gasteiger partial charge on any atom is -0.408 e. The highest BCUT2D eigenvalue weighted by Crippen LogP contribution is 2.22. The standard InChI is InChI=1S/C15H10Cl2N2O3/c16-9-2-1-8(11(17)6-9)5-14(20)18-10-3-4-13-12(7-10)19-15(21)22-13/h1-4,6-7H,5H2,(H,18,20)(H,19,21). The fourth-order valence-corrected chi connectivity index (χ4v) is 2.55. The summed E-state index contributed by atoms with van der Waals surface area (Å²) in [5, 5.41) is 3.70. The molecule has 0 atom stereocenters. The van der Waals surface area contributed by atoms with Gasteiger partial charge < -0.3 is 9.73 Å². The molecule has 3 rings (SSSR count). The van der Waals surface area contributed by atoms with Gasteiger partial charge in [-0.3, -0.25) is 9.78 Å². The van der Waals surface area contributed by atoms with Crippen molar-refractivity contribution in [3.05, 3.63) is 62.6 Å². The molecule has 2 N–H and O–H groups in total. The van der Waals surface area contributed by atoms with Crippen LogP contribution < -0.4 is 11.1 Å². The molecule has 0 fully saturated rings. The van der Waals surface area contributed by atoms with Crippen LogP contribution in [0.3, 0.4) is 0 Å². The molecule has 0 spiro atoms. The maximum Gasteiger partial charge on any atom is 0.417 e. The van der Waals surface area contributed by atoms with Crippen LogP contribution >= 0.6 is 23.2 Å². The summed E-state index contributed by atoms with van der Waals surface area (Å²) in [7, 11) is 0. The van der Waals surface area contributed by atoms with Crippen LogP contribution in [-0.4, -0.2) is 10.9 Å². The van der Waals surface area contributed by atoms with E-state index in [9.17, 15) is 9.59 Å². The lowest BCUT2D eigenvalue weighted by Gasteiger charge is -2.07. The summed E-state index contributed by atoms with van der Waals surface area (Å²) >= 11 is 11.9. The minimum absolute atomic E-state index is 0.121. The van der Waals surface area contributed by atoms with E-state index in [-0.39, 0.29) is 12.3 Å². The summed E-state index contributed by atoms with van der Waals surface area (Å²) in [6.45, 7) is 0. The van der Waals surface area contributed by atoms with Gasteiger partial charge in [-0.1, -0.05) is 29.3 Å². The van der Waals surface area contributed by atoms with Crippen LogP contribution in [0.2, 0.25) is 10.0 Å². The molecule has 1 amide bonds. The second kappa shape index (κ2) is 5.87. The smallest absolute Gasteiger partial charge is 0.408 e. The maximum absolute atomic E-state index is 12.1. The Hall–Kier alpha value is -2.24. The van der Waals surface area contributed by atoms with E-state index in [0.29, 0.717) is 32.4 Å². The minimum atomic E-state index is -0.536. The Labute approximate surface area is 134 Å². The predicted molar refractivity (Wildman–Crippen MR) is 85.6 cm³/mol. The molecule has 112 valence electrons. The molecular formula is C15H10Cl2N2O3. The number of amides is 1. The highest BCUT2D eigenvalue weighted by Gasteiger charge is 2.09. The second-order valence-electron chi connectivity index (χ2n) is 4.69. The Morgan fingerprint density at radius 1 is 1.18 bits per heavy atom. The Balaban J connectivity index is 1.76. The number of halogens is 2. The summed E-state index contributed by atoms with van der Waals surface area (Å²) in [4.78, 5) is 25.7. The summed E-state index contributed by atoms with van der Waals surface area (Å²) in [5.41, 5.74) is 2.19. The fourth-order valence-electron chi connectivity index (χ4n) is 2.07. The molecule has 0 radical (unpaired) electrons. The van der Waals surface area contributed by atoms with Gasteiger partial charge in [0.15, 0.2) is 5.58 Å². The third-order valence-electron chi connectivity index (χ3n) is 3.07. The Kier molecular flexibility index (Phi) is 3.92. The molecule has 0 bridgehead atoms. The molecule has 0 saturated carbocycles. The molecule has 1 aromatic heterocycles. The van der Waals surface area contributed by atoms with Crippen molar-refractivity contribution in [2.24, 2.45) is 0 Å². The number of hydrogen-bond acceptors (Lipinski definition) is 3. The van der Waals surface area contributed by atoms with Crippen molar-refractivity contribution in [2.45, 2.75) is 6.42 Å². The topological polar surface area (TPSA) is 75.1 Å². The first kappa shape index (κ1) is 14.7. The lowest BCUT2D eigenvalue weighted by Crippen LogP contribution is -2.14. The highest BCUT2D eigenvalue weighted by molar-refractivity contribution is 6.35. The number of carbonyl (C=O) groups excluding carboxylic acids is 1. The van der Waals surface area contributed by atoms with E-state index in [0.717, 1.165) is 0 Å². The van der Waals surface area contributed by atoms with Gasteiger partial charge in [-0.2, -0.15) is 0 Å². The molecule has 3 aromatic rings. The Bertz CT molecular complexity index is 915. The molecule has 7 heteroatoms. The SMILES string of the molecule is O=C(Cc1ccc(Cl)cc1Cl)Nc1ccc2oc(=O)[nH]c2c1. The summed E-state index contributed by atoms with van der Waals surface area (Å²) in [6.07, 6.45) is 0.121. The van der Waals surface area contributed by atoms with E-state index in [1.807, 2.05) is 0 Å². The largest absolute Gasteiger partial charge is 0.417 e. The number of hydrogen-bond donors (Lipinski definition) is 2. The average molecular weight is 337 g/mol. The van der Waals surface area contributed by atoms with E-state index in [4.69, 9.17) is 27.6 Å². The van der Waals surface area contributed by atoms with Gasteiger partial charge in [0, 0.05) is 15.7 Å². The average Bonchev–Trinajstić information content (AvgIpc) is 2.81. The maximum atomic E-state index is 12.1. The molecule has 1 heterocycles. The number of rotatable bonds is 3. The summed E-state index contributed by atoms with van der Waals surface area (Å²) < 4.78 is 4.90. The van der Waals surface area contributed by atoms with Crippen molar-refractivity contribution >= 4 is 45.9 Å². The van der Waals surface area contributed by atoms with E-state index in [1.54, 1.807) is 36.4 Å². The van der Waals surface area contributed by atoms with Gasteiger partial charge in [0.25, 0.3) is 0 Å². The zero-order chi connectivity index (χ0) is 15.7. The van der Waals surface area contributed by atoms with Gasteiger partial charge in [-0.25, -0.2) is 4.79 Å². The van der Waals surface area contributed by atoms with Crippen molar-refractivity contribution in [3.63, 3.8) is 0 Å². The van der Waals surface area contributed by atoms with Crippen LogP contribution in [0.1, 0.15) is 5.56 Å². The molecule has 22 heavy (non-hydrogen) atoms. The van der Waals surface area contributed by atoms with Gasteiger partial charge in [0.05, 0.1) is 11.9 Å². The monoisotopic (exact) mass is 336 g/mol. The number of carbonyl (C=O) groups is 1. The van der Waals surface area contributed by atoms with Crippen LogP contribution in [-0.2, 0) is 11.2 Å². The molecular weight excluding hydrogens is 327 g/mol. The quantitative estimate of drug-likeness (QED) is 0.767. The van der Waals surface area contributed by atoms with Gasteiger partial charge in [0.2, 0.25) is 5.91 Å². The number of nitrogens with one attached hydrogen (secondary N) is 2. The predicted octanol–water partition coefficient (Wildman–Crippen LogP) is 3.61. The number of benzene rings is 2. The molecule has 5 nitrogen and oxygen atoms in total. The number of aromatic nitrogens is 1. The molecule has 0 aliphatic heterocycles. The third kappa shape index (κ3) is 3.16. The summed E-state index contributed by atoms with van der Waals surface area (Å²) in [5.74, 6) is -0.763. The van der Waals surface area contributed by atoms with Crippen LogP contribution in [0, 0.1) is 0 Å². The zero-order valence-electron chi connectivity index (χ0n) is 11.2. The van der Waals surface area contributed by atoms with E-state index in [2.05, 4.69) is 10.3 Å². The second-order valence-corrected chi connectivity index (χ2v) is 5.53. The lowest BCUT2D eigenvalue weighted by molar-refractivity contribution is -0.115.